The Morgan fingerprint density at radius 1 is 1.32 bits per heavy atom. The smallest absolute Gasteiger partial charge is 0.331 e. The highest BCUT2D eigenvalue weighted by Crippen LogP contribution is 2.19. The Bertz CT molecular complexity index is 879. The molecule has 1 aliphatic rings. The maximum absolute atomic E-state index is 12.8. The number of likely N-dealkylation sites (tertiary alicyclic amines) is 1. The van der Waals surface area contributed by atoms with Crippen LogP contribution in [-0.2, 0) is 24.9 Å². The second-order valence-corrected chi connectivity index (χ2v) is 6.60. The number of carbonyl (C=O) groups is 1. The largest absolute Gasteiger partial charge is 0.336 e. The zero-order valence-corrected chi connectivity index (χ0v) is 14.6. The highest BCUT2D eigenvalue weighted by molar-refractivity contribution is 5.76. The van der Waals surface area contributed by atoms with Gasteiger partial charge in [-0.2, -0.15) is 5.10 Å². The lowest BCUT2D eigenvalue weighted by atomic mass is 10.0. The van der Waals surface area contributed by atoms with E-state index in [9.17, 15) is 14.4 Å². The van der Waals surface area contributed by atoms with E-state index in [1.54, 1.807) is 6.20 Å². The molecule has 0 spiro atoms. The molecule has 0 aliphatic carbocycles. The molecular weight excluding hydrogens is 322 g/mol. The zero-order chi connectivity index (χ0) is 18.0. The van der Waals surface area contributed by atoms with E-state index in [2.05, 4.69) is 5.10 Å². The summed E-state index contributed by atoms with van der Waals surface area (Å²) in [6, 6.07) is 1.37. The topological polar surface area (TPSA) is 82.1 Å². The highest BCUT2D eigenvalue weighted by atomic mass is 16.2. The first-order chi connectivity index (χ1) is 12.0. The molecule has 1 aliphatic heterocycles. The van der Waals surface area contributed by atoms with Crippen molar-refractivity contribution in [1.82, 2.24) is 23.8 Å². The van der Waals surface area contributed by atoms with Crippen LogP contribution in [0.25, 0.3) is 0 Å². The second kappa shape index (κ2) is 7.08. The lowest BCUT2D eigenvalue weighted by Gasteiger charge is -2.36. The van der Waals surface area contributed by atoms with Gasteiger partial charge in [0.05, 0.1) is 18.8 Å². The lowest BCUT2D eigenvalue weighted by molar-refractivity contribution is -0.136. The van der Waals surface area contributed by atoms with Gasteiger partial charge in [0.15, 0.2) is 0 Å². The molecule has 1 amide bonds. The Hall–Kier alpha value is -2.64. The fourth-order valence-electron chi connectivity index (χ4n) is 3.27. The lowest BCUT2D eigenvalue weighted by Crippen LogP contribution is -2.48. The number of hydrogen-bond donors (Lipinski definition) is 0. The predicted octanol–water partition coefficient (Wildman–Crippen LogP) is 0.133. The van der Waals surface area contributed by atoms with E-state index in [1.807, 2.05) is 22.7 Å². The normalized spacial score (nSPS) is 17.7. The summed E-state index contributed by atoms with van der Waals surface area (Å²) in [5.41, 5.74) is 0.237. The molecular formula is C17H23N5O3. The van der Waals surface area contributed by atoms with Crippen LogP contribution in [0.15, 0.2) is 34.2 Å². The molecule has 0 bridgehead atoms. The molecule has 1 unspecified atom stereocenters. The molecule has 2 aromatic heterocycles. The van der Waals surface area contributed by atoms with Crippen molar-refractivity contribution in [3.05, 3.63) is 51.1 Å². The third kappa shape index (κ3) is 3.72. The van der Waals surface area contributed by atoms with Crippen LogP contribution in [0.5, 0.6) is 0 Å². The van der Waals surface area contributed by atoms with Gasteiger partial charge in [-0.05, 0) is 31.7 Å². The molecule has 0 saturated carbocycles. The number of amides is 1. The minimum Gasteiger partial charge on any atom is -0.336 e. The average Bonchev–Trinajstić information content (AvgIpc) is 3.00. The minimum atomic E-state index is -0.475. The van der Waals surface area contributed by atoms with Gasteiger partial charge in [0.25, 0.3) is 5.56 Å². The maximum atomic E-state index is 12.8. The third-order valence-corrected chi connectivity index (χ3v) is 4.67. The van der Waals surface area contributed by atoms with Crippen LogP contribution >= 0.6 is 0 Å². The van der Waals surface area contributed by atoms with Gasteiger partial charge in [-0.3, -0.25) is 23.4 Å². The first-order valence-electron chi connectivity index (χ1n) is 8.50. The van der Waals surface area contributed by atoms with Gasteiger partial charge in [0, 0.05) is 32.1 Å². The molecule has 25 heavy (non-hydrogen) atoms. The van der Waals surface area contributed by atoms with Crippen molar-refractivity contribution >= 4 is 5.91 Å². The van der Waals surface area contributed by atoms with Crippen molar-refractivity contribution in [2.75, 3.05) is 6.54 Å². The van der Waals surface area contributed by atoms with Crippen molar-refractivity contribution in [3.63, 3.8) is 0 Å². The molecule has 0 aromatic carbocycles. The van der Waals surface area contributed by atoms with Crippen LogP contribution in [-0.4, -0.2) is 42.3 Å². The number of piperidine rings is 1. The number of aryl methyl sites for hydroxylation is 1. The van der Waals surface area contributed by atoms with Crippen LogP contribution in [0.1, 0.15) is 24.8 Å². The van der Waals surface area contributed by atoms with Gasteiger partial charge in [0.1, 0.15) is 6.54 Å². The SMILES string of the molecule is Cc1cnn(CC2CCCCN2C(=O)Cn2ccc(=O)n(C)c2=O)c1. The van der Waals surface area contributed by atoms with E-state index in [0.717, 1.165) is 29.4 Å². The fraction of sp³-hybridized carbons (Fsp3) is 0.529. The van der Waals surface area contributed by atoms with E-state index in [1.165, 1.54) is 23.9 Å². The number of rotatable bonds is 4. The molecule has 2 aromatic rings. The maximum Gasteiger partial charge on any atom is 0.331 e. The third-order valence-electron chi connectivity index (χ3n) is 4.67. The predicted molar refractivity (Wildman–Crippen MR) is 92.3 cm³/mol. The Kier molecular flexibility index (Phi) is 4.87. The Morgan fingerprint density at radius 2 is 2.12 bits per heavy atom. The molecule has 134 valence electrons. The molecule has 0 N–H and O–H groups in total. The number of carbonyl (C=O) groups excluding carboxylic acids is 1. The van der Waals surface area contributed by atoms with E-state index >= 15 is 0 Å². The quantitative estimate of drug-likeness (QED) is 0.789. The van der Waals surface area contributed by atoms with E-state index < -0.39 is 5.69 Å². The highest BCUT2D eigenvalue weighted by Gasteiger charge is 2.27. The Labute approximate surface area is 145 Å². The zero-order valence-electron chi connectivity index (χ0n) is 14.6. The minimum absolute atomic E-state index is 0.0540. The van der Waals surface area contributed by atoms with Crippen LogP contribution in [0, 0.1) is 6.92 Å². The summed E-state index contributed by atoms with van der Waals surface area (Å²) in [5, 5.41) is 4.31. The number of hydrogen-bond acceptors (Lipinski definition) is 4. The van der Waals surface area contributed by atoms with Crippen molar-refractivity contribution < 1.29 is 4.79 Å². The van der Waals surface area contributed by atoms with Gasteiger partial charge >= 0.3 is 5.69 Å². The summed E-state index contributed by atoms with van der Waals surface area (Å²) in [6.07, 6.45) is 8.12. The summed E-state index contributed by atoms with van der Waals surface area (Å²) in [4.78, 5) is 38.2. The van der Waals surface area contributed by atoms with Gasteiger partial charge in [-0.15, -0.1) is 0 Å². The molecule has 0 radical (unpaired) electrons. The molecule has 3 heterocycles. The van der Waals surface area contributed by atoms with Crippen LogP contribution in [0.3, 0.4) is 0 Å². The van der Waals surface area contributed by atoms with Crippen molar-refractivity contribution in [2.45, 2.75) is 45.3 Å². The molecule has 8 heteroatoms. The summed E-state index contributed by atoms with van der Waals surface area (Å²) < 4.78 is 4.16. The molecule has 3 rings (SSSR count). The van der Waals surface area contributed by atoms with Gasteiger partial charge < -0.3 is 4.90 Å². The van der Waals surface area contributed by atoms with Gasteiger partial charge in [-0.1, -0.05) is 0 Å². The standard InChI is InChI=1S/C17H23N5O3/c1-13-9-18-21(10-13)11-14-5-3-4-7-22(14)16(24)12-20-8-6-15(23)19(2)17(20)25/h6,8-10,14H,3-5,7,11-12H2,1-2H3. The van der Waals surface area contributed by atoms with E-state index in [0.29, 0.717) is 13.1 Å². The van der Waals surface area contributed by atoms with Crippen LogP contribution in [0.2, 0.25) is 0 Å². The molecule has 1 saturated heterocycles. The van der Waals surface area contributed by atoms with Crippen LogP contribution < -0.4 is 11.2 Å². The Balaban J connectivity index is 1.76. The molecule has 1 atom stereocenters. The summed E-state index contributed by atoms with van der Waals surface area (Å²) >= 11 is 0. The first-order valence-corrected chi connectivity index (χ1v) is 8.50. The van der Waals surface area contributed by atoms with Crippen LogP contribution in [0.4, 0.5) is 0 Å². The van der Waals surface area contributed by atoms with Crippen molar-refractivity contribution in [3.8, 4) is 0 Å². The summed E-state index contributed by atoms with van der Waals surface area (Å²) in [6.45, 7) is 3.27. The van der Waals surface area contributed by atoms with Gasteiger partial charge in [-0.25, -0.2) is 4.79 Å². The average molecular weight is 345 g/mol. The van der Waals surface area contributed by atoms with E-state index in [-0.39, 0.29) is 24.1 Å². The van der Waals surface area contributed by atoms with Crippen molar-refractivity contribution in [2.24, 2.45) is 7.05 Å². The van der Waals surface area contributed by atoms with Crippen molar-refractivity contribution in [1.29, 1.82) is 0 Å². The second-order valence-electron chi connectivity index (χ2n) is 6.60. The van der Waals surface area contributed by atoms with Gasteiger partial charge in [0.2, 0.25) is 5.91 Å². The first kappa shape index (κ1) is 17.2. The Morgan fingerprint density at radius 3 is 2.84 bits per heavy atom. The monoisotopic (exact) mass is 345 g/mol. The number of nitrogens with zero attached hydrogens (tertiary/aromatic N) is 5. The number of aromatic nitrogens is 4. The van der Waals surface area contributed by atoms with E-state index in [4.69, 9.17) is 0 Å². The molecule has 8 nitrogen and oxygen atoms in total. The summed E-state index contributed by atoms with van der Waals surface area (Å²) in [5.74, 6) is -0.102. The molecule has 1 fully saturated rings. The summed E-state index contributed by atoms with van der Waals surface area (Å²) in [7, 11) is 1.41. The fourth-order valence-corrected chi connectivity index (χ4v) is 3.27.